The molecule has 0 bridgehead atoms. The first-order chi connectivity index (χ1) is 8.86. The minimum absolute atomic E-state index is 0.0422. The molecule has 2 rings (SSSR count). The summed E-state index contributed by atoms with van der Waals surface area (Å²) in [5.74, 6) is -1.72. The normalized spacial score (nSPS) is 21.6. The molecule has 1 aliphatic heterocycles. The lowest BCUT2D eigenvalue weighted by Crippen LogP contribution is -2.41. The molecule has 0 aromatic heterocycles. The Bertz CT molecular complexity index is 445. The number of hydrogen-bond donors (Lipinski definition) is 1. The molecule has 0 spiro atoms. The summed E-state index contributed by atoms with van der Waals surface area (Å²) in [6, 6.07) is 3.97. The summed E-state index contributed by atoms with van der Waals surface area (Å²) < 4.78 is 51.2. The lowest BCUT2D eigenvalue weighted by Gasteiger charge is -2.33. The maximum absolute atomic E-state index is 13.1. The average Bonchev–Trinajstić information content (AvgIpc) is 2.33. The van der Waals surface area contributed by atoms with Gasteiger partial charge in [-0.25, -0.2) is 4.39 Å². The number of halogens is 4. The third-order valence-corrected chi connectivity index (χ3v) is 3.47. The molecule has 0 aliphatic carbocycles. The van der Waals surface area contributed by atoms with Crippen molar-refractivity contribution in [2.45, 2.75) is 25.6 Å². The van der Waals surface area contributed by atoms with Crippen LogP contribution < -0.4 is 5.73 Å². The first-order valence-corrected chi connectivity index (χ1v) is 6.19. The smallest absolute Gasteiger partial charge is 0.393 e. The number of nitrogen functional groups attached to an aromatic ring is 1. The Balaban J connectivity index is 2.05. The van der Waals surface area contributed by atoms with Crippen LogP contribution in [0.1, 0.15) is 18.4 Å². The summed E-state index contributed by atoms with van der Waals surface area (Å²) in [6.45, 7) is 0.804. The fraction of sp³-hybridized carbons (Fsp3) is 0.538. The lowest BCUT2D eigenvalue weighted by atomic mass is 9.97. The molecule has 0 amide bonds. The number of hydrogen-bond acceptors (Lipinski definition) is 2. The quantitative estimate of drug-likeness (QED) is 0.664. The number of likely N-dealkylation sites (tertiary alicyclic amines) is 1. The van der Waals surface area contributed by atoms with Crippen molar-refractivity contribution in [3.8, 4) is 0 Å². The first-order valence-electron chi connectivity index (χ1n) is 6.19. The molecule has 2 N–H and O–H groups in total. The van der Waals surface area contributed by atoms with E-state index in [9.17, 15) is 17.6 Å². The predicted molar refractivity (Wildman–Crippen MR) is 64.9 cm³/mol. The number of anilines is 1. The number of alkyl halides is 3. The Labute approximate surface area is 109 Å². The van der Waals surface area contributed by atoms with Gasteiger partial charge in [-0.2, -0.15) is 13.2 Å². The summed E-state index contributed by atoms with van der Waals surface area (Å²) in [7, 11) is 0. The maximum atomic E-state index is 13.1. The van der Waals surface area contributed by atoms with Crippen LogP contribution in [0.15, 0.2) is 18.2 Å². The van der Waals surface area contributed by atoms with Gasteiger partial charge in [0.05, 0.1) is 5.92 Å². The van der Waals surface area contributed by atoms with Gasteiger partial charge in [0.1, 0.15) is 5.82 Å². The van der Waals surface area contributed by atoms with E-state index in [0.29, 0.717) is 24.2 Å². The molecule has 6 heteroatoms. The SMILES string of the molecule is Nc1ccc(F)cc1CN1CCCC(C(F)(F)F)C1. The van der Waals surface area contributed by atoms with Gasteiger partial charge in [-0.3, -0.25) is 4.90 Å². The van der Waals surface area contributed by atoms with Gasteiger partial charge in [0, 0.05) is 18.8 Å². The van der Waals surface area contributed by atoms with Crippen molar-refractivity contribution in [3.63, 3.8) is 0 Å². The molecule has 1 aliphatic rings. The molecule has 0 saturated carbocycles. The van der Waals surface area contributed by atoms with E-state index in [1.165, 1.54) is 18.2 Å². The van der Waals surface area contributed by atoms with Crippen LogP contribution in [0.3, 0.4) is 0 Å². The van der Waals surface area contributed by atoms with Crippen LogP contribution in [0, 0.1) is 11.7 Å². The van der Waals surface area contributed by atoms with E-state index in [-0.39, 0.29) is 19.5 Å². The van der Waals surface area contributed by atoms with Gasteiger partial charge in [0.2, 0.25) is 0 Å². The zero-order valence-electron chi connectivity index (χ0n) is 10.4. The van der Waals surface area contributed by atoms with E-state index in [1.807, 2.05) is 0 Å². The van der Waals surface area contributed by atoms with Crippen molar-refractivity contribution in [3.05, 3.63) is 29.6 Å². The minimum Gasteiger partial charge on any atom is -0.398 e. The van der Waals surface area contributed by atoms with Crippen molar-refractivity contribution in [2.24, 2.45) is 5.92 Å². The first kappa shape index (κ1) is 14.1. The number of rotatable bonds is 2. The topological polar surface area (TPSA) is 29.3 Å². The highest BCUT2D eigenvalue weighted by atomic mass is 19.4. The Morgan fingerprint density at radius 3 is 2.74 bits per heavy atom. The summed E-state index contributed by atoms with van der Waals surface area (Å²) in [5, 5.41) is 0. The summed E-state index contributed by atoms with van der Waals surface area (Å²) in [4.78, 5) is 1.69. The molecular formula is C13H16F4N2. The van der Waals surface area contributed by atoms with E-state index in [0.717, 1.165) is 0 Å². The van der Waals surface area contributed by atoms with Gasteiger partial charge >= 0.3 is 6.18 Å². The molecular weight excluding hydrogens is 260 g/mol. The van der Waals surface area contributed by atoms with E-state index >= 15 is 0 Å². The summed E-state index contributed by atoms with van der Waals surface area (Å²) >= 11 is 0. The fourth-order valence-electron chi connectivity index (χ4n) is 2.42. The van der Waals surface area contributed by atoms with Crippen LogP contribution in [0.4, 0.5) is 23.2 Å². The van der Waals surface area contributed by atoms with Crippen molar-refractivity contribution < 1.29 is 17.6 Å². The van der Waals surface area contributed by atoms with Gasteiger partial charge in [0.25, 0.3) is 0 Å². The Kier molecular flexibility index (Phi) is 3.99. The highest BCUT2D eigenvalue weighted by Crippen LogP contribution is 2.33. The van der Waals surface area contributed by atoms with Gasteiger partial charge in [-0.15, -0.1) is 0 Å². The molecule has 1 aromatic rings. The molecule has 1 fully saturated rings. The highest BCUT2D eigenvalue weighted by molar-refractivity contribution is 5.46. The highest BCUT2D eigenvalue weighted by Gasteiger charge is 2.41. The van der Waals surface area contributed by atoms with E-state index in [4.69, 9.17) is 5.73 Å². The van der Waals surface area contributed by atoms with Crippen molar-refractivity contribution in [1.29, 1.82) is 0 Å². The molecule has 1 heterocycles. The molecule has 0 radical (unpaired) electrons. The van der Waals surface area contributed by atoms with Crippen LogP contribution in [-0.2, 0) is 6.54 Å². The largest absolute Gasteiger partial charge is 0.398 e. The zero-order chi connectivity index (χ0) is 14.0. The van der Waals surface area contributed by atoms with Crippen LogP contribution in [-0.4, -0.2) is 24.2 Å². The Hall–Kier alpha value is -1.30. The maximum Gasteiger partial charge on any atom is 0.393 e. The number of nitrogens with two attached hydrogens (primary N) is 1. The minimum atomic E-state index is -4.16. The van der Waals surface area contributed by atoms with Gasteiger partial charge in [0.15, 0.2) is 0 Å². The van der Waals surface area contributed by atoms with Gasteiger partial charge in [-0.1, -0.05) is 0 Å². The lowest BCUT2D eigenvalue weighted by molar-refractivity contribution is -0.187. The average molecular weight is 276 g/mol. The zero-order valence-corrected chi connectivity index (χ0v) is 10.4. The van der Waals surface area contributed by atoms with Gasteiger partial charge in [-0.05, 0) is 43.1 Å². The second kappa shape index (κ2) is 5.36. The van der Waals surface area contributed by atoms with Gasteiger partial charge < -0.3 is 5.73 Å². The summed E-state index contributed by atoms with van der Waals surface area (Å²) in [5.41, 5.74) is 6.67. The molecule has 2 nitrogen and oxygen atoms in total. The monoisotopic (exact) mass is 276 g/mol. The predicted octanol–water partition coefficient (Wildman–Crippen LogP) is 3.18. The number of piperidine rings is 1. The van der Waals surface area contributed by atoms with Crippen molar-refractivity contribution in [2.75, 3.05) is 18.8 Å². The van der Waals surface area contributed by atoms with Crippen molar-refractivity contribution in [1.82, 2.24) is 4.90 Å². The molecule has 106 valence electrons. The number of benzene rings is 1. The standard InChI is InChI=1S/C13H16F4N2/c14-11-3-4-12(18)9(6-11)7-19-5-1-2-10(8-19)13(15,16)17/h3-4,6,10H,1-2,5,7-8,18H2. The molecule has 1 saturated heterocycles. The molecule has 1 aromatic carbocycles. The second-order valence-electron chi connectivity index (χ2n) is 4.96. The van der Waals surface area contributed by atoms with Crippen LogP contribution >= 0.6 is 0 Å². The fourth-order valence-corrected chi connectivity index (χ4v) is 2.42. The van der Waals surface area contributed by atoms with Crippen LogP contribution in [0.2, 0.25) is 0 Å². The third-order valence-electron chi connectivity index (χ3n) is 3.47. The molecule has 19 heavy (non-hydrogen) atoms. The Morgan fingerprint density at radius 1 is 1.32 bits per heavy atom. The van der Waals surface area contributed by atoms with E-state index in [2.05, 4.69) is 0 Å². The van der Waals surface area contributed by atoms with E-state index in [1.54, 1.807) is 4.90 Å². The van der Waals surface area contributed by atoms with E-state index < -0.39 is 17.9 Å². The molecule has 1 unspecified atom stereocenters. The second-order valence-corrected chi connectivity index (χ2v) is 4.96. The van der Waals surface area contributed by atoms with Crippen LogP contribution in [0.25, 0.3) is 0 Å². The molecule has 1 atom stereocenters. The Morgan fingerprint density at radius 2 is 2.05 bits per heavy atom. The number of nitrogens with zero attached hydrogens (tertiary/aromatic N) is 1. The van der Waals surface area contributed by atoms with Crippen LogP contribution in [0.5, 0.6) is 0 Å². The third kappa shape index (κ3) is 3.59. The summed E-state index contributed by atoms with van der Waals surface area (Å²) in [6.07, 6.45) is -3.50. The van der Waals surface area contributed by atoms with Crippen molar-refractivity contribution >= 4 is 5.69 Å².